The summed E-state index contributed by atoms with van der Waals surface area (Å²) in [6, 6.07) is -0.00500. The van der Waals surface area contributed by atoms with Crippen LogP contribution in [0, 0.1) is 29.6 Å². The zero-order valence-electron chi connectivity index (χ0n) is 22.9. The number of likely N-dealkylation sites (tertiary alicyclic amines) is 1. The van der Waals surface area contributed by atoms with Crippen molar-refractivity contribution in [3.8, 4) is 0 Å². The number of methoxy groups -OCH3 is 1. The van der Waals surface area contributed by atoms with Gasteiger partial charge < -0.3 is 25.6 Å². The molecule has 222 valence electrons. The van der Waals surface area contributed by atoms with Crippen molar-refractivity contribution in [2.45, 2.75) is 80.0 Å². The molecule has 0 aliphatic carbocycles. The molecule has 0 aromatic rings. The number of nitrogens with one attached hydrogen (secondary N) is 5. The van der Waals surface area contributed by atoms with E-state index in [1.165, 1.54) is 0 Å². The fraction of sp³-hybridized carbons (Fsp3) is 0.923. The summed E-state index contributed by atoms with van der Waals surface area (Å²) in [6.07, 6.45) is -0.256. The normalized spacial score (nSPS) is 44.8. The number of thioether (sulfide) groups is 1. The summed E-state index contributed by atoms with van der Waals surface area (Å²) in [4.78, 5) is 28.6. The third-order valence-electron chi connectivity index (χ3n) is 9.60. The maximum Gasteiger partial charge on any atom is 0.242 e. The van der Waals surface area contributed by atoms with Gasteiger partial charge in [0.15, 0.2) is 0 Å². The molecule has 5 saturated heterocycles. The van der Waals surface area contributed by atoms with Crippen LogP contribution in [-0.2, 0) is 14.3 Å². The second-order valence-electron chi connectivity index (χ2n) is 12.1. The molecule has 0 aromatic heterocycles. The Bertz CT molecular complexity index is 881. The van der Waals surface area contributed by atoms with E-state index in [1.807, 2.05) is 11.8 Å². The predicted octanol–water partition coefficient (Wildman–Crippen LogP) is 0.985. The van der Waals surface area contributed by atoms with E-state index in [0.717, 1.165) is 12.8 Å². The van der Waals surface area contributed by atoms with Crippen LogP contribution < -0.4 is 26.6 Å². The van der Waals surface area contributed by atoms with Gasteiger partial charge in [0.05, 0.1) is 23.6 Å². The summed E-state index contributed by atoms with van der Waals surface area (Å²) < 4.78 is 32.2. The number of carbonyl (C=O) groups excluding carboxylic acids is 2. The van der Waals surface area contributed by atoms with Crippen LogP contribution in [0.2, 0.25) is 0 Å². The standard InChI is InChI=1S/C26H43ClF2N6O3S/c1-12-4-18(31-7-16(12)23(28)29)25(37)35-10-19-21(11-35)39-26(33-19)34-24(36)17-8-30-13(2)5-14(17)15-6-22(27)32-9-20(15)38-3/h12-23,26,30-33H,4-11H2,1-3H3,(H,34,36). The van der Waals surface area contributed by atoms with Crippen molar-refractivity contribution in [3.05, 3.63) is 0 Å². The topological polar surface area (TPSA) is 107 Å². The molecule has 0 radical (unpaired) electrons. The Morgan fingerprint density at radius 2 is 1.85 bits per heavy atom. The molecule has 5 rings (SSSR count). The van der Waals surface area contributed by atoms with E-state index >= 15 is 0 Å². The van der Waals surface area contributed by atoms with Crippen LogP contribution in [0.3, 0.4) is 0 Å². The first-order chi connectivity index (χ1) is 18.6. The highest BCUT2D eigenvalue weighted by atomic mass is 35.5. The summed E-state index contributed by atoms with van der Waals surface area (Å²) in [5, 5.41) is 16.7. The van der Waals surface area contributed by atoms with Gasteiger partial charge >= 0.3 is 0 Å². The molecule has 0 aromatic carbocycles. The molecule has 13 heteroatoms. The lowest BCUT2D eigenvalue weighted by molar-refractivity contribution is -0.134. The molecular weight excluding hydrogens is 550 g/mol. The van der Waals surface area contributed by atoms with Crippen LogP contribution in [0.25, 0.3) is 0 Å². The number of amides is 2. The molecule has 0 bridgehead atoms. The average Bonchev–Trinajstić information content (AvgIpc) is 3.46. The van der Waals surface area contributed by atoms with Crippen LogP contribution in [0.5, 0.6) is 0 Å². The minimum atomic E-state index is -2.37. The molecule has 5 fully saturated rings. The number of rotatable bonds is 6. The van der Waals surface area contributed by atoms with Crippen LogP contribution in [0.4, 0.5) is 8.78 Å². The first kappa shape index (κ1) is 29.7. The van der Waals surface area contributed by atoms with Crippen LogP contribution in [-0.4, -0.2) is 103 Å². The summed E-state index contributed by atoms with van der Waals surface area (Å²) in [6.45, 7) is 6.58. The molecule has 2 amide bonds. The van der Waals surface area contributed by atoms with E-state index in [0.29, 0.717) is 38.6 Å². The minimum Gasteiger partial charge on any atom is -0.380 e. The number of piperidine rings is 3. The van der Waals surface area contributed by atoms with Crippen molar-refractivity contribution in [1.29, 1.82) is 0 Å². The van der Waals surface area contributed by atoms with E-state index in [2.05, 4.69) is 33.5 Å². The number of halogens is 3. The Balaban J connectivity index is 1.14. The number of hydrogen-bond acceptors (Lipinski definition) is 8. The number of fused-ring (bicyclic) bond motifs is 1. The quantitative estimate of drug-likeness (QED) is 0.230. The maximum atomic E-state index is 13.6. The van der Waals surface area contributed by atoms with Crippen LogP contribution >= 0.6 is 23.4 Å². The smallest absolute Gasteiger partial charge is 0.242 e. The molecule has 39 heavy (non-hydrogen) atoms. The molecule has 12 atom stereocenters. The molecule has 9 nitrogen and oxygen atoms in total. The predicted molar refractivity (Wildman–Crippen MR) is 147 cm³/mol. The first-order valence-corrected chi connectivity index (χ1v) is 15.7. The first-order valence-electron chi connectivity index (χ1n) is 14.3. The Hall–Kier alpha value is -0.760. The Morgan fingerprint density at radius 1 is 1.05 bits per heavy atom. The fourth-order valence-corrected chi connectivity index (χ4v) is 9.00. The number of nitrogens with zero attached hydrogens (tertiary/aromatic N) is 1. The molecule has 0 spiro atoms. The van der Waals surface area contributed by atoms with Crippen molar-refractivity contribution in [2.24, 2.45) is 29.6 Å². The lowest BCUT2D eigenvalue weighted by Gasteiger charge is -2.45. The highest BCUT2D eigenvalue weighted by molar-refractivity contribution is 8.00. The van der Waals surface area contributed by atoms with E-state index < -0.39 is 18.4 Å². The van der Waals surface area contributed by atoms with Gasteiger partial charge in [-0.3, -0.25) is 20.2 Å². The van der Waals surface area contributed by atoms with E-state index in [9.17, 15) is 18.4 Å². The number of carbonyl (C=O) groups is 2. The number of ether oxygens (including phenoxy) is 1. The lowest BCUT2D eigenvalue weighted by Crippen LogP contribution is -2.57. The van der Waals surface area contributed by atoms with E-state index in [1.54, 1.807) is 18.9 Å². The third kappa shape index (κ3) is 6.52. The van der Waals surface area contributed by atoms with Gasteiger partial charge in [-0.15, -0.1) is 23.4 Å². The van der Waals surface area contributed by atoms with Gasteiger partial charge in [0.2, 0.25) is 18.2 Å². The highest BCUT2D eigenvalue weighted by Gasteiger charge is 2.48. The van der Waals surface area contributed by atoms with Crippen molar-refractivity contribution < 1.29 is 23.1 Å². The number of hydrogen-bond donors (Lipinski definition) is 5. The minimum absolute atomic E-state index is 0.00976. The highest BCUT2D eigenvalue weighted by Crippen LogP contribution is 2.39. The molecular formula is C26H43ClF2N6O3S. The second-order valence-corrected chi connectivity index (χ2v) is 14.0. The Kier molecular flexibility index (Phi) is 9.62. The third-order valence-corrected chi connectivity index (χ3v) is 11.3. The SMILES string of the molecule is COC1CNC(Cl)CC1C1CC(C)NCC1C(=O)NC1NC2CN(C(=O)C3CC(C)C(C(F)F)CN3)CC2S1. The van der Waals surface area contributed by atoms with Crippen molar-refractivity contribution in [2.75, 3.05) is 39.8 Å². The monoisotopic (exact) mass is 592 g/mol. The van der Waals surface area contributed by atoms with Gasteiger partial charge in [0.25, 0.3) is 0 Å². The average molecular weight is 593 g/mol. The number of alkyl halides is 3. The van der Waals surface area contributed by atoms with Crippen molar-refractivity contribution in [1.82, 2.24) is 31.5 Å². The van der Waals surface area contributed by atoms with Gasteiger partial charge in [-0.2, -0.15) is 0 Å². The summed E-state index contributed by atoms with van der Waals surface area (Å²) in [5.41, 5.74) is -0.332. The molecule has 0 saturated carbocycles. The van der Waals surface area contributed by atoms with Gasteiger partial charge in [-0.1, -0.05) is 6.92 Å². The summed E-state index contributed by atoms with van der Waals surface area (Å²) in [5.74, 6) is -0.687. The molecule has 5 aliphatic heterocycles. The summed E-state index contributed by atoms with van der Waals surface area (Å²) in [7, 11) is 1.73. The van der Waals surface area contributed by atoms with Crippen LogP contribution in [0.1, 0.15) is 33.1 Å². The van der Waals surface area contributed by atoms with Crippen LogP contribution in [0.15, 0.2) is 0 Å². The zero-order valence-corrected chi connectivity index (χ0v) is 24.4. The zero-order chi connectivity index (χ0) is 27.8. The largest absolute Gasteiger partial charge is 0.380 e. The Labute approximate surface area is 239 Å². The molecule has 5 aliphatic rings. The molecule has 5 heterocycles. The van der Waals surface area contributed by atoms with E-state index in [-0.39, 0.29) is 70.4 Å². The van der Waals surface area contributed by atoms with Gasteiger partial charge in [-0.25, -0.2) is 8.78 Å². The van der Waals surface area contributed by atoms with Gasteiger partial charge in [-0.05, 0) is 43.9 Å². The maximum absolute atomic E-state index is 13.6. The van der Waals surface area contributed by atoms with Gasteiger partial charge in [0, 0.05) is 63.1 Å². The van der Waals surface area contributed by atoms with Crippen molar-refractivity contribution in [3.63, 3.8) is 0 Å². The Morgan fingerprint density at radius 3 is 2.54 bits per heavy atom. The molecule has 5 N–H and O–H groups in total. The second kappa shape index (κ2) is 12.6. The fourth-order valence-electron chi connectivity index (χ4n) is 7.30. The van der Waals surface area contributed by atoms with Crippen molar-refractivity contribution >= 4 is 35.2 Å². The van der Waals surface area contributed by atoms with E-state index in [4.69, 9.17) is 16.3 Å². The summed E-state index contributed by atoms with van der Waals surface area (Å²) >= 11 is 8.12. The molecule has 12 unspecified atom stereocenters. The lowest BCUT2D eigenvalue weighted by atomic mass is 9.70. The van der Waals surface area contributed by atoms with Gasteiger partial charge in [0.1, 0.15) is 5.50 Å².